The number of benzene rings is 1. The van der Waals surface area contributed by atoms with E-state index in [1.807, 2.05) is 22.9 Å². The van der Waals surface area contributed by atoms with E-state index in [0.29, 0.717) is 12.8 Å². The number of phenols is 1. The molecule has 0 aliphatic rings. The van der Waals surface area contributed by atoms with Crippen molar-refractivity contribution in [3.63, 3.8) is 0 Å². The molecule has 1 aromatic carbocycles. The second-order valence-electron chi connectivity index (χ2n) is 8.17. The third-order valence-corrected chi connectivity index (χ3v) is 5.44. The fourth-order valence-electron chi connectivity index (χ4n) is 3.57. The smallest absolute Gasteiger partial charge is 0.243 e. The molecule has 0 aliphatic heterocycles. The highest BCUT2D eigenvalue weighted by atomic mass is 16.3. The van der Waals surface area contributed by atoms with E-state index < -0.39 is 11.9 Å². The van der Waals surface area contributed by atoms with Gasteiger partial charge in [0.2, 0.25) is 11.8 Å². The van der Waals surface area contributed by atoms with E-state index in [1.165, 1.54) is 12.1 Å². The maximum absolute atomic E-state index is 12.2. The van der Waals surface area contributed by atoms with Crippen molar-refractivity contribution in [1.29, 1.82) is 0 Å². The number of aromatic nitrogens is 2. The largest absolute Gasteiger partial charge is 0.508 e. The molecule has 2 aromatic heterocycles. The number of nitrogens with one attached hydrogen (secondary N) is 1. The number of carbonyl (C=O) groups is 2. The lowest BCUT2D eigenvalue weighted by Crippen LogP contribution is -2.44. The molecule has 3 rings (SSSR count). The number of aromatic hydroxyl groups is 1. The Morgan fingerprint density at radius 3 is 2.67 bits per heavy atom. The molecule has 0 bridgehead atoms. The van der Waals surface area contributed by atoms with Gasteiger partial charge in [-0.15, -0.1) is 0 Å². The summed E-state index contributed by atoms with van der Waals surface area (Å²) in [5, 5.41) is 16.4. The Hall–Kier alpha value is -3.39. The summed E-state index contributed by atoms with van der Waals surface area (Å²) >= 11 is 0. The molecule has 1 unspecified atom stereocenters. The Kier molecular flexibility index (Phi) is 8.83. The SMILES string of the molecule is CCCCn1nc(-c2ccco2)cc1CCCCC(=O)NC(=O)C(N)Cc1ccc(O)cc1. The van der Waals surface area contributed by atoms with Crippen LogP contribution < -0.4 is 11.1 Å². The predicted octanol–water partition coefficient (Wildman–Crippen LogP) is 3.57. The molecule has 33 heavy (non-hydrogen) atoms. The van der Waals surface area contributed by atoms with E-state index in [-0.39, 0.29) is 18.1 Å². The van der Waals surface area contributed by atoms with Crippen molar-refractivity contribution >= 4 is 11.8 Å². The van der Waals surface area contributed by atoms with Crippen molar-refractivity contribution in [3.8, 4) is 17.2 Å². The van der Waals surface area contributed by atoms with Crippen molar-refractivity contribution in [2.75, 3.05) is 0 Å². The number of phenolic OH excluding ortho intramolecular Hbond substituents is 1. The van der Waals surface area contributed by atoms with Crippen LogP contribution in [0.4, 0.5) is 0 Å². The lowest BCUT2D eigenvalue weighted by atomic mass is 10.1. The first-order valence-electron chi connectivity index (χ1n) is 11.4. The van der Waals surface area contributed by atoms with Gasteiger partial charge in [-0.2, -0.15) is 5.10 Å². The number of furan rings is 1. The fraction of sp³-hybridized carbons (Fsp3) is 0.400. The Bertz CT molecular complexity index is 1030. The standard InChI is InChI=1S/C25H32N4O4/c1-2-3-14-29-19(17-22(28-29)23-8-6-15-33-23)7-4-5-9-24(31)27-25(32)21(26)16-18-10-12-20(30)13-11-18/h6,8,10-13,15,17,21,30H,2-5,7,9,14,16,26H2,1H3,(H,27,31,32). The highest BCUT2D eigenvalue weighted by Gasteiger charge is 2.17. The van der Waals surface area contributed by atoms with E-state index in [0.717, 1.165) is 54.9 Å². The second-order valence-corrected chi connectivity index (χ2v) is 8.17. The van der Waals surface area contributed by atoms with Gasteiger partial charge in [-0.05, 0) is 68.0 Å². The van der Waals surface area contributed by atoms with Crippen molar-refractivity contribution in [2.45, 2.75) is 64.5 Å². The summed E-state index contributed by atoms with van der Waals surface area (Å²) in [5.41, 5.74) is 8.67. The molecule has 0 saturated heterocycles. The minimum Gasteiger partial charge on any atom is -0.508 e. The number of nitrogens with zero attached hydrogens (tertiary/aromatic N) is 2. The number of rotatable bonds is 12. The van der Waals surface area contributed by atoms with Crippen LogP contribution in [0.5, 0.6) is 5.75 Å². The maximum atomic E-state index is 12.2. The van der Waals surface area contributed by atoms with E-state index in [4.69, 9.17) is 10.2 Å². The van der Waals surface area contributed by atoms with Crippen LogP contribution >= 0.6 is 0 Å². The zero-order chi connectivity index (χ0) is 23.6. The summed E-state index contributed by atoms with van der Waals surface area (Å²) in [4.78, 5) is 24.4. The molecule has 8 nitrogen and oxygen atoms in total. The van der Waals surface area contributed by atoms with E-state index >= 15 is 0 Å². The molecule has 2 amide bonds. The first kappa shape index (κ1) is 24.3. The van der Waals surface area contributed by atoms with Crippen molar-refractivity contribution in [1.82, 2.24) is 15.1 Å². The lowest BCUT2D eigenvalue weighted by molar-refractivity contribution is -0.131. The van der Waals surface area contributed by atoms with Gasteiger partial charge in [-0.1, -0.05) is 25.5 Å². The summed E-state index contributed by atoms with van der Waals surface area (Å²) in [6.07, 6.45) is 6.55. The topological polar surface area (TPSA) is 123 Å². The van der Waals surface area contributed by atoms with E-state index in [2.05, 4.69) is 17.3 Å². The molecule has 3 aromatic rings. The van der Waals surface area contributed by atoms with E-state index in [1.54, 1.807) is 18.4 Å². The molecule has 0 radical (unpaired) electrons. The predicted molar refractivity (Wildman–Crippen MR) is 125 cm³/mol. The number of amides is 2. The van der Waals surface area contributed by atoms with Crippen molar-refractivity contribution in [3.05, 3.63) is 60.0 Å². The third-order valence-electron chi connectivity index (χ3n) is 5.44. The normalized spacial score (nSPS) is 11.9. The molecule has 0 spiro atoms. The lowest BCUT2D eigenvalue weighted by Gasteiger charge is -2.12. The average Bonchev–Trinajstić information content (AvgIpc) is 3.47. The van der Waals surface area contributed by atoms with Crippen LogP contribution in [0.2, 0.25) is 0 Å². The highest BCUT2D eigenvalue weighted by Crippen LogP contribution is 2.21. The zero-order valence-electron chi connectivity index (χ0n) is 19.0. The van der Waals surface area contributed by atoms with E-state index in [9.17, 15) is 14.7 Å². The van der Waals surface area contributed by atoms with Gasteiger partial charge >= 0.3 is 0 Å². The first-order valence-corrected chi connectivity index (χ1v) is 11.4. The Balaban J connectivity index is 1.43. The molecular weight excluding hydrogens is 420 g/mol. The quantitative estimate of drug-likeness (QED) is 0.361. The van der Waals surface area contributed by atoms with Gasteiger partial charge in [0.15, 0.2) is 5.76 Å². The summed E-state index contributed by atoms with van der Waals surface area (Å²) in [5.74, 6) is 0.0799. The molecule has 2 heterocycles. The number of carbonyl (C=O) groups excluding carboxylic acids is 2. The Morgan fingerprint density at radius 2 is 1.97 bits per heavy atom. The van der Waals surface area contributed by atoms with Gasteiger partial charge in [0, 0.05) is 18.7 Å². The second kappa shape index (κ2) is 12.0. The molecule has 8 heteroatoms. The highest BCUT2D eigenvalue weighted by molar-refractivity contribution is 5.97. The van der Waals surface area contributed by atoms with Crippen LogP contribution in [0, 0.1) is 0 Å². The summed E-state index contributed by atoms with van der Waals surface area (Å²) < 4.78 is 7.49. The number of unbranched alkanes of at least 4 members (excludes halogenated alkanes) is 2. The van der Waals surface area contributed by atoms with Crippen LogP contribution in [0.15, 0.2) is 53.1 Å². The number of nitrogens with two attached hydrogens (primary N) is 1. The minimum atomic E-state index is -0.827. The molecule has 1 atom stereocenters. The number of imide groups is 1. The van der Waals surface area contributed by atoms with Crippen LogP contribution in [0.3, 0.4) is 0 Å². The first-order chi connectivity index (χ1) is 16.0. The monoisotopic (exact) mass is 452 g/mol. The third kappa shape index (κ3) is 7.32. The summed E-state index contributed by atoms with van der Waals surface area (Å²) in [6.45, 7) is 2.99. The fourth-order valence-corrected chi connectivity index (χ4v) is 3.57. The van der Waals surface area contributed by atoms with Gasteiger partial charge < -0.3 is 15.3 Å². The number of hydrogen-bond donors (Lipinski definition) is 3. The van der Waals surface area contributed by atoms with Crippen LogP contribution in [0.25, 0.3) is 11.5 Å². The zero-order valence-corrected chi connectivity index (χ0v) is 19.0. The molecule has 0 saturated carbocycles. The van der Waals surface area contributed by atoms with Gasteiger partial charge in [0.1, 0.15) is 11.4 Å². The number of hydrogen-bond acceptors (Lipinski definition) is 6. The van der Waals surface area contributed by atoms with Crippen molar-refractivity contribution in [2.24, 2.45) is 5.73 Å². The van der Waals surface area contributed by atoms with Gasteiger partial charge in [0.05, 0.1) is 12.3 Å². The van der Waals surface area contributed by atoms with Crippen molar-refractivity contribution < 1.29 is 19.1 Å². The maximum Gasteiger partial charge on any atom is 0.243 e. The van der Waals surface area contributed by atoms with Gasteiger partial charge in [-0.25, -0.2) is 0 Å². The molecular formula is C25H32N4O4. The Morgan fingerprint density at radius 1 is 1.18 bits per heavy atom. The van der Waals surface area contributed by atoms with Gasteiger partial charge in [-0.3, -0.25) is 19.6 Å². The van der Waals surface area contributed by atoms with Crippen LogP contribution in [0.1, 0.15) is 50.3 Å². The summed E-state index contributed by atoms with van der Waals surface area (Å²) in [7, 11) is 0. The van der Waals surface area contributed by atoms with Gasteiger partial charge in [0.25, 0.3) is 0 Å². The molecule has 0 aliphatic carbocycles. The average molecular weight is 453 g/mol. The molecule has 4 N–H and O–H groups in total. The van der Waals surface area contributed by atoms with Crippen LogP contribution in [-0.4, -0.2) is 32.7 Å². The molecule has 0 fully saturated rings. The minimum absolute atomic E-state index is 0.151. The Labute approximate surface area is 193 Å². The number of aryl methyl sites for hydroxylation is 2. The summed E-state index contributed by atoms with van der Waals surface area (Å²) in [6, 6.07) is 11.4. The molecule has 176 valence electrons. The van der Waals surface area contributed by atoms with Crippen LogP contribution in [-0.2, 0) is 29.0 Å².